The van der Waals surface area contributed by atoms with E-state index in [4.69, 9.17) is 24.8 Å². The van der Waals surface area contributed by atoms with Crippen molar-refractivity contribution >= 4 is 25.7 Å². The van der Waals surface area contributed by atoms with Gasteiger partial charge < -0.3 is 25.2 Å². The number of carbonyl (C=O) groups excluding carboxylic acids is 2. The smallest absolute Gasteiger partial charge is 0.472 e. The fourth-order valence-electron chi connectivity index (χ4n) is 5.00. The third-order valence-electron chi connectivity index (χ3n) is 8.33. The number of esters is 2. The molecule has 0 aromatic heterocycles. The molecule has 0 fully saturated rings. The van der Waals surface area contributed by atoms with Crippen molar-refractivity contribution in [2.45, 2.75) is 154 Å². The average molecular weight is 832 g/mol. The summed E-state index contributed by atoms with van der Waals surface area (Å²) in [5.41, 5.74) is 5.32. The lowest BCUT2D eigenvalue weighted by Crippen LogP contribution is -2.34. The number of hydrogen-bond acceptors (Lipinski definition) is 9. The summed E-state index contributed by atoms with van der Waals surface area (Å²) in [6.07, 6.45) is 50.6. The second-order valence-electron chi connectivity index (χ2n) is 13.7. The van der Waals surface area contributed by atoms with E-state index < -0.39 is 57.7 Å². The molecule has 0 saturated carbocycles. The molecule has 0 aliphatic heterocycles. The highest BCUT2D eigenvalue weighted by Crippen LogP contribution is 2.43. The third kappa shape index (κ3) is 39.2. The van der Waals surface area contributed by atoms with E-state index in [-0.39, 0.29) is 12.8 Å². The molecule has 0 aliphatic carbocycles. The molecule has 3 atom stereocenters. The topological polar surface area (TPSA) is 172 Å². The molecule has 1 unspecified atom stereocenters. The number of phosphoric ester groups is 1. The molecule has 11 nitrogen and oxygen atoms in total. The second-order valence-corrected chi connectivity index (χ2v) is 15.2. The average Bonchev–Trinajstić information content (AvgIpc) is 3.20. The molecule has 0 amide bonds. The summed E-state index contributed by atoms with van der Waals surface area (Å²) in [5, 5.41) is 8.88. The normalized spacial score (nSPS) is 14.7. The largest absolute Gasteiger partial charge is 0.480 e. The maximum absolute atomic E-state index is 12.6. The first-order valence-electron chi connectivity index (χ1n) is 21.3. The number of nitrogens with two attached hydrogens (primary N) is 1. The molecule has 0 aliphatic rings. The first-order chi connectivity index (χ1) is 28.1. The van der Waals surface area contributed by atoms with Gasteiger partial charge in [-0.2, -0.15) is 0 Å². The molecule has 0 saturated heterocycles. The van der Waals surface area contributed by atoms with Crippen molar-refractivity contribution in [2.75, 3.05) is 19.8 Å². The minimum atomic E-state index is -4.74. The van der Waals surface area contributed by atoms with Gasteiger partial charge in [0.1, 0.15) is 12.6 Å². The monoisotopic (exact) mass is 832 g/mol. The van der Waals surface area contributed by atoms with Crippen LogP contribution in [0.2, 0.25) is 0 Å². The molecule has 0 spiro atoms. The van der Waals surface area contributed by atoms with E-state index in [9.17, 15) is 23.8 Å². The minimum Gasteiger partial charge on any atom is -0.480 e. The molecule has 0 aromatic carbocycles. The van der Waals surface area contributed by atoms with Gasteiger partial charge in [-0.25, -0.2) is 4.57 Å². The van der Waals surface area contributed by atoms with Crippen LogP contribution in [0.3, 0.4) is 0 Å². The number of carboxylic acids is 1. The summed E-state index contributed by atoms with van der Waals surface area (Å²) >= 11 is 0. The number of allylic oxidation sites excluding steroid dienone is 16. The van der Waals surface area contributed by atoms with Crippen molar-refractivity contribution in [3.05, 3.63) is 97.2 Å². The number of carboxylic acid groups (broad SMARTS) is 1. The summed E-state index contributed by atoms with van der Waals surface area (Å²) in [4.78, 5) is 45.9. The summed E-state index contributed by atoms with van der Waals surface area (Å²) < 4.78 is 32.6. The van der Waals surface area contributed by atoms with E-state index in [1.165, 1.54) is 19.3 Å². The molecule has 12 heteroatoms. The number of ether oxygens (including phenoxy) is 2. The number of aliphatic carboxylic acids is 1. The number of hydrogen-bond donors (Lipinski definition) is 3. The third-order valence-corrected chi connectivity index (χ3v) is 9.28. The predicted octanol–water partition coefficient (Wildman–Crippen LogP) is 11.3. The predicted molar refractivity (Wildman–Crippen MR) is 235 cm³/mol. The van der Waals surface area contributed by atoms with Crippen LogP contribution < -0.4 is 5.73 Å². The summed E-state index contributed by atoms with van der Waals surface area (Å²) in [6, 6.07) is -1.54. The van der Waals surface area contributed by atoms with E-state index >= 15 is 0 Å². The molecular formula is C46H74NO10P. The van der Waals surface area contributed by atoms with E-state index in [2.05, 4.69) is 103 Å². The van der Waals surface area contributed by atoms with Crippen molar-refractivity contribution in [3.8, 4) is 0 Å². The number of unbranched alkanes of at least 4 members (excludes halogenated alkanes) is 8. The van der Waals surface area contributed by atoms with Crippen LogP contribution in [0.5, 0.6) is 0 Å². The van der Waals surface area contributed by atoms with E-state index in [0.717, 1.165) is 83.5 Å². The van der Waals surface area contributed by atoms with E-state index in [0.29, 0.717) is 12.8 Å². The van der Waals surface area contributed by atoms with Crippen molar-refractivity contribution in [1.82, 2.24) is 0 Å². The molecule has 0 aromatic rings. The maximum Gasteiger partial charge on any atom is 0.472 e. The summed E-state index contributed by atoms with van der Waals surface area (Å²) in [5.74, 6) is -2.52. The van der Waals surface area contributed by atoms with Gasteiger partial charge in [0.15, 0.2) is 6.10 Å². The highest BCUT2D eigenvalue weighted by molar-refractivity contribution is 7.47. The quantitative estimate of drug-likeness (QED) is 0.0234. The van der Waals surface area contributed by atoms with Crippen LogP contribution in [0.15, 0.2) is 97.2 Å². The standard InChI is InChI=1S/C46H74NO10P/c1-3-5-7-9-11-13-15-17-19-20-21-22-24-25-27-29-31-33-35-37-44(48)54-39-42(40-55-58(52,53)56-41-43(47)46(50)51)57-45(49)38-36-34-32-30-28-26-23-18-16-14-12-10-8-6-4-2/h6,8,11-14,17-19,21-23,25,27,31,33,42-43H,3-5,7,9-10,15-16,20,24,26,28-30,32,34-41,47H2,1-2H3,(H,50,51)(H,52,53)/b8-6+,13-11+,14-12+,19-17+,22-21+,23-18+,27-25+,33-31+/t42-,43+/m1/s1. The van der Waals surface area contributed by atoms with Crippen LogP contribution in [0, 0.1) is 0 Å². The molecule has 0 heterocycles. The Kier molecular flexibility index (Phi) is 37.7. The number of phosphoric acid groups is 1. The van der Waals surface area contributed by atoms with Crippen LogP contribution in [-0.4, -0.2) is 59.9 Å². The fourth-order valence-corrected chi connectivity index (χ4v) is 5.78. The van der Waals surface area contributed by atoms with E-state index in [1.807, 2.05) is 12.2 Å². The Morgan fingerprint density at radius 3 is 1.52 bits per heavy atom. The Hall–Kier alpha value is -3.60. The summed E-state index contributed by atoms with van der Waals surface area (Å²) in [6.45, 7) is 2.54. The molecular weight excluding hydrogens is 757 g/mol. The molecule has 0 radical (unpaired) electrons. The zero-order valence-electron chi connectivity index (χ0n) is 35.3. The van der Waals surface area contributed by atoms with Gasteiger partial charge in [-0.05, 0) is 83.5 Å². The Morgan fingerprint density at radius 2 is 1.00 bits per heavy atom. The van der Waals surface area contributed by atoms with Gasteiger partial charge in [-0.15, -0.1) is 0 Å². The highest BCUT2D eigenvalue weighted by Gasteiger charge is 2.28. The second kappa shape index (κ2) is 40.2. The minimum absolute atomic E-state index is 0.0884. The molecule has 58 heavy (non-hydrogen) atoms. The van der Waals surface area contributed by atoms with E-state index in [1.54, 1.807) is 0 Å². The Balaban J connectivity index is 4.54. The van der Waals surface area contributed by atoms with Crippen LogP contribution in [0.1, 0.15) is 142 Å². The SMILES string of the molecule is CC/C=C/C/C=C/C/C=C/CCCCCCCC(=O)O[C@H](COC(=O)CC/C=C/C/C=C/C/C=C/C/C=C/C/C=C/CCCCC)COP(=O)(O)OC[C@H](N)C(=O)O. The van der Waals surface area contributed by atoms with Crippen LogP contribution >= 0.6 is 7.82 Å². The first-order valence-corrected chi connectivity index (χ1v) is 22.8. The van der Waals surface area contributed by atoms with Crippen LogP contribution in [0.4, 0.5) is 0 Å². The lowest BCUT2D eigenvalue weighted by atomic mass is 10.1. The van der Waals surface area contributed by atoms with Crippen molar-refractivity contribution in [2.24, 2.45) is 5.73 Å². The van der Waals surface area contributed by atoms with Gasteiger partial charge in [0.05, 0.1) is 13.2 Å². The summed E-state index contributed by atoms with van der Waals surface area (Å²) in [7, 11) is -4.74. The van der Waals surface area contributed by atoms with Crippen LogP contribution in [0.25, 0.3) is 0 Å². The Bertz CT molecular complexity index is 1350. The molecule has 0 rings (SSSR count). The van der Waals surface area contributed by atoms with Crippen molar-refractivity contribution in [3.63, 3.8) is 0 Å². The maximum atomic E-state index is 12.6. The van der Waals surface area contributed by atoms with Gasteiger partial charge in [-0.1, -0.05) is 143 Å². The van der Waals surface area contributed by atoms with Gasteiger partial charge >= 0.3 is 25.7 Å². The lowest BCUT2D eigenvalue weighted by Gasteiger charge is -2.20. The Labute approximate surface area is 349 Å². The van der Waals surface area contributed by atoms with Gasteiger partial charge in [0.2, 0.25) is 0 Å². The first kappa shape index (κ1) is 54.4. The van der Waals surface area contributed by atoms with Gasteiger partial charge in [0, 0.05) is 12.8 Å². The zero-order chi connectivity index (χ0) is 42.8. The number of rotatable bonds is 38. The molecule has 4 N–H and O–H groups in total. The zero-order valence-corrected chi connectivity index (χ0v) is 36.2. The highest BCUT2D eigenvalue weighted by atomic mass is 31.2. The number of carbonyl (C=O) groups is 3. The van der Waals surface area contributed by atoms with Crippen molar-refractivity contribution in [1.29, 1.82) is 0 Å². The van der Waals surface area contributed by atoms with Gasteiger partial charge in [0.25, 0.3) is 0 Å². The van der Waals surface area contributed by atoms with Gasteiger partial charge in [-0.3, -0.25) is 23.4 Å². The molecule has 328 valence electrons. The molecule has 0 bridgehead atoms. The fraction of sp³-hybridized carbons (Fsp3) is 0.587. The lowest BCUT2D eigenvalue weighted by molar-refractivity contribution is -0.161. The van der Waals surface area contributed by atoms with Crippen molar-refractivity contribution < 1.29 is 47.5 Å². The Morgan fingerprint density at radius 1 is 0.552 bits per heavy atom. The van der Waals surface area contributed by atoms with Crippen LogP contribution in [-0.2, 0) is 37.5 Å².